The monoisotopic (exact) mass is 311 g/mol. The number of aromatic nitrogens is 2. The first-order valence-corrected chi connectivity index (χ1v) is 6.29. The van der Waals surface area contributed by atoms with Crippen LogP contribution in [0.15, 0.2) is 30.6 Å². The van der Waals surface area contributed by atoms with Gasteiger partial charge in [0.05, 0.1) is 16.8 Å². The molecule has 2 N–H and O–H groups in total. The van der Waals surface area contributed by atoms with Crippen LogP contribution >= 0.6 is 11.6 Å². The van der Waals surface area contributed by atoms with Crippen LogP contribution in [0.1, 0.15) is 23.3 Å². The summed E-state index contributed by atoms with van der Waals surface area (Å²) >= 11 is 5.62. The second-order valence-electron chi connectivity index (χ2n) is 4.31. The van der Waals surface area contributed by atoms with Gasteiger partial charge < -0.3 is 10.4 Å². The van der Waals surface area contributed by atoms with E-state index in [0.717, 1.165) is 12.3 Å². The smallest absolute Gasteiger partial charge is 0.338 e. The summed E-state index contributed by atoms with van der Waals surface area (Å²) in [7, 11) is 0. The number of hydrogen-bond acceptors (Lipinski definition) is 3. The van der Waals surface area contributed by atoms with Crippen molar-refractivity contribution < 1.29 is 19.1 Å². The molecule has 0 bridgehead atoms. The molecule has 1 atom stereocenters. The first-order valence-electron chi connectivity index (χ1n) is 5.92. The first-order chi connectivity index (χ1) is 9.88. The van der Waals surface area contributed by atoms with Crippen molar-refractivity contribution in [3.05, 3.63) is 47.0 Å². The number of carbonyl (C=O) groups is 2. The van der Waals surface area contributed by atoms with Crippen LogP contribution < -0.4 is 5.32 Å². The molecule has 1 aromatic heterocycles. The number of halogens is 2. The van der Waals surface area contributed by atoms with E-state index in [0.29, 0.717) is 5.69 Å². The number of hydrogen-bond donors (Lipinski definition) is 2. The van der Waals surface area contributed by atoms with Crippen molar-refractivity contribution in [2.24, 2.45) is 0 Å². The van der Waals surface area contributed by atoms with Crippen molar-refractivity contribution in [3.8, 4) is 0 Å². The van der Waals surface area contributed by atoms with Crippen LogP contribution in [-0.2, 0) is 4.79 Å². The number of aromatic carboxylic acids is 1. The second-order valence-corrected chi connectivity index (χ2v) is 4.72. The van der Waals surface area contributed by atoms with Crippen LogP contribution in [0.3, 0.4) is 0 Å². The topological polar surface area (TPSA) is 84.2 Å². The van der Waals surface area contributed by atoms with E-state index in [4.69, 9.17) is 16.7 Å². The van der Waals surface area contributed by atoms with Gasteiger partial charge in [0.15, 0.2) is 0 Å². The molecule has 0 aliphatic rings. The number of amides is 1. The van der Waals surface area contributed by atoms with Gasteiger partial charge in [0.1, 0.15) is 11.9 Å². The molecule has 0 aliphatic heterocycles. The van der Waals surface area contributed by atoms with Gasteiger partial charge in [0, 0.05) is 11.9 Å². The Labute approximate surface area is 124 Å². The summed E-state index contributed by atoms with van der Waals surface area (Å²) in [6.45, 7) is 1.55. The number of carbonyl (C=O) groups excluding carboxylic acids is 1. The molecule has 1 amide bonds. The van der Waals surface area contributed by atoms with Crippen molar-refractivity contribution in [1.82, 2.24) is 9.78 Å². The molecule has 0 fully saturated rings. The number of nitrogens with zero attached hydrogens (tertiary/aromatic N) is 2. The van der Waals surface area contributed by atoms with Crippen molar-refractivity contribution >= 4 is 29.2 Å². The van der Waals surface area contributed by atoms with Gasteiger partial charge in [-0.25, -0.2) is 9.18 Å². The number of nitrogens with one attached hydrogen (secondary N) is 1. The van der Waals surface area contributed by atoms with E-state index in [-0.39, 0.29) is 10.6 Å². The molecule has 110 valence electrons. The van der Waals surface area contributed by atoms with Gasteiger partial charge in [0.25, 0.3) is 0 Å². The average molecular weight is 312 g/mol. The molecular weight excluding hydrogens is 301 g/mol. The molecule has 1 unspecified atom stereocenters. The average Bonchev–Trinajstić information content (AvgIpc) is 2.92. The predicted octanol–water partition coefficient (Wildman–Crippen LogP) is 2.57. The highest BCUT2D eigenvalue weighted by molar-refractivity contribution is 6.31. The van der Waals surface area contributed by atoms with Crippen LogP contribution in [0.4, 0.5) is 10.1 Å². The van der Waals surface area contributed by atoms with Gasteiger partial charge in [-0.1, -0.05) is 11.6 Å². The van der Waals surface area contributed by atoms with Gasteiger partial charge >= 0.3 is 5.97 Å². The molecule has 6 nitrogen and oxygen atoms in total. The maximum Gasteiger partial charge on any atom is 0.338 e. The molecule has 0 radical (unpaired) electrons. The molecule has 2 rings (SSSR count). The van der Waals surface area contributed by atoms with Gasteiger partial charge in [-0.2, -0.15) is 5.10 Å². The summed E-state index contributed by atoms with van der Waals surface area (Å²) in [5.74, 6) is -2.14. The zero-order valence-electron chi connectivity index (χ0n) is 10.9. The van der Waals surface area contributed by atoms with Gasteiger partial charge in [0.2, 0.25) is 5.91 Å². The van der Waals surface area contributed by atoms with E-state index in [2.05, 4.69) is 10.4 Å². The largest absolute Gasteiger partial charge is 0.478 e. The van der Waals surface area contributed by atoms with Gasteiger partial charge in [-0.05, 0) is 25.1 Å². The standard InChI is InChI=1S/C13H11ClFN3O3/c1-7(18-6-8(5-16-18)13(20)21)12(19)17-9-2-3-11(15)10(14)4-9/h2-7H,1H3,(H,17,19)(H,20,21). The van der Waals surface area contributed by atoms with E-state index in [1.807, 2.05) is 0 Å². The van der Waals surface area contributed by atoms with E-state index < -0.39 is 23.7 Å². The quantitative estimate of drug-likeness (QED) is 0.909. The molecule has 8 heteroatoms. The molecule has 21 heavy (non-hydrogen) atoms. The van der Waals surface area contributed by atoms with E-state index in [1.54, 1.807) is 6.92 Å². The molecule has 0 aliphatic carbocycles. The van der Waals surface area contributed by atoms with E-state index >= 15 is 0 Å². The third-order valence-electron chi connectivity index (χ3n) is 2.81. The van der Waals surface area contributed by atoms with Crippen molar-refractivity contribution in [2.75, 3.05) is 5.32 Å². The Bertz CT molecular complexity index is 702. The fraction of sp³-hybridized carbons (Fsp3) is 0.154. The Morgan fingerprint density at radius 2 is 2.19 bits per heavy atom. The zero-order chi connectivity index (χ0) is 15.6. The Hall–Kier alpha value is -2.41. The highest BCUT2D eigenvalue weighted by Crippen LogP contribution is 2.20. The molecule has 1 aromatic carbocycles. The first kappa shape index (κ1) is 15.0. The maximum atomic E-state index is 13.0. The van der Waals surface area contributed by atoms with Crippen LogP contribution in [0.25, 0.3) is 0 Å². The number of anilines is 1. The third kappa shape index (κ3) is 3.38. The number of rotatable bonds is 4. The predicted molar refractivity (Wildman–Crippen MR) is 73.9 cm³/mol. The summed E-state index contributed by atoms with van der Waals surface area (Å²) in [6, 6.07) is 3.06. The number of carboxylic acid groups (broad SMARTS) is 1. The normalized spacial score (nSPS) is 12.0. The molecular formula is C13H11ClFN3O3. The van der Waals surface area contributed by atoms with Gasteiger partial charge in [-0.15, -0.1) is 0 Å². The zero-order valence-corrected chi connectivity index (χ0v) is 11.6. The highest BCUT2D eigenvalue weighted by Gasteiger charge is 2.18. The lowest BCUT2D eigenvalue weighted by atomic mass is 10.2. The van der Waals surface area contributed by atoms with Crippen LogP contribution in [-0.4, -0.2) is 26.8 Å². The SMILES string of the molecule is CC(C(=O)Nc1ccc(F)c(Cl)c1)n1cc(C(=O)O)cn1. The van der Waals surface area contributed by atoms with Crippen molar-refractivity contribution in [1.29, 1.82) is 0 Å². The molecule has 0 saturated carbocycles. The van der Waals surface area contributed by atoms with Crippen LogP contribution in [0.5, 0.6) is 0 Å². The Morgan fingerprint density at radius 1 is 1.48 bits per heavy atom. The van der Waals surface area contributed by atoms with E-state index in [1.165, 1.54) is 23.0 Å². The van der Waals surface area contributed by atoms with Crippen molar-refractivity contribution in [3.63, 3.8) is 0 Å². The van der Waals surface area contributed by atoms with Gasteiger partial charge in [-0.3, -0.25) is 9.48 Å². The number of benzene rings is 1. The molecule has 0 spiro atoms. The highest BCUT2D eigenvalue weighted by atomic mass is 35.5. The van der Waals surface area contributed by atoms with Crippen LogP contribution in [0.2, 0.25) is 5.02 Å². The second kappa shape index (κ2) is 5.92. The fourth-order valence-electron chi connectivity index (χ4n) is 1.60. The van der Waals surface area contributed by atoms with Crippen molar-refractivity contribution in [2.45, 2.75) is 13.0 Å². The maximum absolute atomic E-state index is 13.0. The lowest BCUT2D eigenvalue weighted by Gasteiger charge is -2.12. The Kier molecular flexibility index (Phi) is 4.23. The molecule has 0 saturated heterocycles. The summed E-state index contributed by atoms with van der Waals surface area (Å²) in [4.78, 5) is 22.8. The summed E-state index contributed by atoms with van der Waals surface area (Å²) in [5.41, 5.74) is 0.323. The molecule has 2 aromatic rings. The number of carboxylic acids is 1. The Morgan fingerprint density at radius 3 is 2.76 bits per heavy atom. The lowest BCUT2D eigenvalue weighted by Crippen LogP contribution is -2.24. The summed E-state index contributed by atoms with van der Waals surface area (Å²) < 4.78 is 14.2. The summed E-state index contributed by atoms with van der Waals surface area (Å²) in [5, 5.41) is 15.1. The van der Waals surface area contributed by atoms with Crippen LogP contribution in [0, 0.1) is 5.82 Å². The minimum absolute atomic E-state index is 0.0144. The third-order valence-corrected chi connectivity index (χ3v) is 3.10. The fourth-order valence-corrected chi connectivity index (χ4v) is 1.78. The minimum Gasteiger partial charge on any atom is -0.478 e. The molecule has 1 heterocycles. The minimum atomic E-state index is -1.13. The summed E-state index contributed by atoms with van der Waals surface area (Å²) in [6.07, 6.45) is 2.41. The Balaban J connectivity index is 2.11. The van der Waals surface area contributed by atoms with E-state index in [9.17, 15) is 14.0 Å². The lowest BCUT2D eigenvalue weighted by molar-refractivity contribution is -0.119.